The first-order valence-electron chi connectivity index (χ1n) is 6.95. The third-order valence-electron chi connectivity index (χ3n) is 3.61. The maximum absolute atomic E-state index is 12.6. The lowest BCUT2D eigenvalue weighted by atomic mass is 9.76. The molecule has 0 aliphatic heterocycles. The summed E-state index contributed by atoms with van der Waals surface area (Å²) in [6.07, 6.45) is 0.172. The summed E-state index contributed by atoms with van der Waals surface area (Å²) in [5.41, 5.74) is 0.586. The van der Waals surface area contributed by atoms with Crippen molar-refractivity contribution in [1.82, 2.24) is 0 Å². The van der Waals surface area contributed by atoms with Crippen LogP contribution in [0, 0.1) is 0 Å². The molecule has 0 radical (unpaired) electrons. The van der Waals surface area contributed by atoms with Crippen LogP contribution >= 0.6 is 0 Å². The molecule has 0 saturated heterocycles. The Balaban J connectivity index is 2.50. The second-order valence-electron chi connectivity index (χ2n) is 4.97. The molecule has 0 fully saturated rings. The quantitative estimate of drug-likeness (QED) is 0.637. The van der Waals surface area contributed by atoms with Crippen molar-refractivity contribution in [3.05, 3.63) is 71.8 Å². The first-order chi connectivity index (χ1) is 10.1. The van der Waals surface area contributed by atoms with Gasteiger partial charge in [-0.1, -0.05) is 67.6 Å². The van der Waals surface area contributed by atoms with Gasteiger partial charge >= 0.3 is 11.9 Å². The molecule has 0 N–H and O–H groups in total. The highest BCUT2D eigenvalue weighted by Crippen LogP contribution is 2.33. The highest BCUT2D eigenvalue weighted by Gasteiger charge is 2.39. The summed E-state index contributed by atoms with van der Waals surface area (Å²) >= 11 is 0. The molecule has 0 aromatic heterocycles. The average molecular weight is 282 g/mol. The maximum Gasteiger partial charge on any atom is 0.328 e. The Morgan fingerprint density at radius 3 is 1.71 bits per heavy atom. The molecule has 0 spiro atoms. The van der Waals surface area contributed by atoms with E-state index in [1.807, 2.05) is 60.7 Å². The Bertz CT molecular complexity index is 578. The molecule has 3 nitrogen and oxygen atoms in total. The van der Waals surface area contributed by atoms with Crippen LogP contribution in [0.4, 0.5) is 0 Å². The van der Waals surface area contributed by atoms with Gasteiger partial charge in [-0.2, -0.15) is 0 Å². The summed E-state index contributed by atoms with van der Waals surface area (Å²) in [6.45, 7) is 3.45. The minimum absolute atomic E-state index is 0.172. The predicted octanol–water partition coefficient (Wildman–Crippen LogP) is 3.47. The largest absolute Gasteiger partial charge is 0.392 e. The van der Waals surface area contributed by atoms with Gasteiger partial charge in [0.2, 0.25) is 0 Å². The lowest BCUT2D eigenvalue weighted by Gasteiger charge is -2.28. The fourth-order valence-corrected chi connectivity index (χ4v) is 2.22. The number of ether oxygens (including phenoxy) is 1. The van der Waals surface area contributed by atoms with Crippen molar-refractivity contribution in [3.63, 3.8) is 0 Å². The first kappa shape index (κ1) is 15.0. The smallest absolute Gasteiger partial charge is 0.328 e. The van der Waals surface area contributed by atoms with Gasteiger partial charge in [0.25, 0.3) is 0 Å². The summed E-state index contributed by atoms with van der Waals surface area (Å²) in [4.78, 5) is 24.1. The van der Waals surface area contributed by atoms with E-state index in [0.29, 0.717) is 0 Å². The number of hydrogen-bond acceptors (Lipinski definition) is 3. The molecule has 108 valence electrons. The van der Waals surface area contributed by atoms with Gasteiger partial charge in [-0.25, -0.2) is 0 Å². The van der Waals surface area contributed by atoms with Crippen molar-refractivity contribution in [2.45, 2.75) is 25.7 Å². The van der Waals surface area contributed by atoms with Crippen LogP contribution in [0.1, 0.15) is 31.4 Å². The van der Waals surface area contributed by atoms with Crippen LogP contribution in [0.3, 0.4) is 0 Å². The van der Waals surface area contributed by atoms with Crippen LogP contribution in [0.5, 0.6) is 0 Å². The van der Waals surface area contributed by atoms with Crippen molar-refractivity contribution in [3.8, 4) is 0 Å². The van der Waals surface area contributed by atoms with E-state index in [2.05, 4.69) is 0 Å². The Labute approximate surface area is 124 Å². The lowest BCUT2D eigenvalue weighted by Crippen LogP contribution is -2.36. The van der Waals surface area contributed by atoms with Crippen molar-refractivity contribution in [1.29, 1.82) is 0 Å². The van der Waals surface area contributed by atoms with Gasteiger partial charge in [0.1, 0.15) is 5.41 Å². The average Bonchev–Trinajstić information content (AvgIpc) is 2.55. The maximum atomic E-state index is 12.6. The van der Waals surface area contributed by atoms with Gasteiger partial charge < -0.3 is 4.74 Å². The normalized spacial score (nSPS) is 11.0. The van der Waals surface area contributed by atoms with Gasteiger partial charge in [-0.05, 0) is 18.1 Å². The highest BCUT2D eigenvalue weighted by atomic mass is 16.6. The molecule has 3 heteroatoms. The van der Waals surface area contributed by atoms with Gasteiger partial charge in [0.15, 0.2) is 0 Å². The number of esters is 2. The van der Waals surface area contributed by atoms with E-state index in [9.17, 15) is 9.59 Å². The van der Waals surface area contributed by atoms with Gasteiger partial charge in [-0.15, -0.1) is 0 Å². The van der Waals surface area contributed by atoms with Gasteiger partial charge in [0, 0.05) is 6.42 Å². The second-order valence-corrected chi connectivity index (χ2v) is 4.97. The minimum Gasteiger partial charge on any atom is -0.392 e. The number of carbonyl (C=O) groups excluding carboxylic acids is 2. The number of rotatable bonds is 4. The first-order valence-corrected chi connectivity index (χ1v) is 6.95. The van der Waals surface area contributed by atoms with Gasteiger partial charge in [0.05, 0.1) is 0 Å². The zero-order valence-electron chi connectivity index (χ0n) is 12.2. The van der Waals surface area contributed by atoms with Crippen LogP contribution in [0.2, 0.25) is 0 Å². The Hall–Kier alpha value is -2.42. The monoisotopic (exact) mass is 282 g/mol. The number of hydrogen-bond donors (Lipinski definition) is 0. The fourth-order valence-electron chi connectivity index (χ4n) is 2.22. The molecule has 0 heterocycles. The number of carbonyl (C=O) groups is 2. The van der Waals surface area contributed by atoms with Crippen LogP contribution < -0.4 is 0 Å². The zero-order chi connectivity index (χ0) is 15.3. The van der Waals surface area contributed by atoms with Crippen LogP contribution in [0.15, 0.2) is 60.7 Å². The second kappa shape index (κ2) is 6.35. The molecule has 21 heavy (non-hydrogen) atoms. The summed E-state index contributed by atoms with van der Waals surface area (Å²) in [5, 5.41) is 0. The molecule has 0 bridgehead atoms. The molecular weight excluding hydrogens is 264 g/mol. The molecule has 0 atom stereocenters. The molecule has 0 aliphatic rings. The van der Waals surface area contributed by atoms with Crippen LogP contribution in [0.25, 0.3) is 0 Å². The van der Waals surface area contributed by atoms with Crippen molar-refractivity contribution < 1.29 is 14.3 Å². The SMILES string of the molecule is CCC(=O)OC(=O)C(C)(c1ccccc1)c1ccccc1. The molecule has 2 aromatic rings. The van der Waals surface area contributed by atoms with Crippen molar-refractivity contribution in [2.75, 3.05) is 0 Å². The van der Waals surface area contributed by atoms with Crippen LogP contribution in [-0.4, -0.2) is 11.9 Å². The van der Waals surface area contributed by atoms with Gasteiger partial charge in [-0.3, -0.25) is 9.59 Å². The molecule has 2 rings (SSSR count). The van der Waals surface area contributed by atoms with E-state index in [-0.39, 0.29) is 6.42 Å². The third kappa shape index (κ3) is 3.02. The lowest BCUT2D eigenvalue weighted by molar-refractivity contribution is -0.162. The molecule has 2 aromatic carbocycles. The van der Waals surface area contributed by atoms with Crippen molar-refractivity contribution in [2.24, 2.45) is 0 Å². The molecular formula is C18H18O3. The Morgan fingerprint density at radius 1 is 0.905 bits per heavy atom. The standard InChI is InChI=1S/C18H18O3/c1-3-16(19)21-17(20)18(2,14-10-6-4-7-11-14)15-12-8-5-9-13-15/h4-13H,3H2,1-2H3. The predicted molar refractivity (Wildman–Crippen MR) is 80.7 cm³/mol. The Morgan fingerprint density at radius 2 is 1.33 bits per heavy atom. The molecule has 0 aliphatic carbocycles. The molecule has 0 unspecified atom stereocenters. The summed E-state index contributed by atoms with van der Waals surface area (Å²) < 4.78 is 5.00. The van der Waals surface area contributed by atoms with Crippen molar-refractivity contribution >= 4 is 11.9 Å². The fraction of sp³-hybridized carbons (Fsp3) is 0.222. The molecule has 0 saturated carbocycles. The van der Waals surface area contributed by atoms with E-state index < -0.39 is 17.4 Å². The number of benzene rings is 2. The minimum atomic E-state index is -1.01. The van der Waals surface area contributed by atoms with E-state index >= 15 is 0 Å². The van der Waals surface area contributed by atoms with E-state index in [1.54, 1.807) is 13.8 Å². The summed E-state index contributed by atoms with van der Waals surface area (Å²) in [6, 6.07) is 18.7. The van der Waals surface area contributed by atoms with Crippen LogP contribution in [-0.2, 0) is 19.7 Å². The topological polar surface area (TPSA) is 43.4 Å². The zero-order valence-corrected chi connectivity index (χ0v) is 12.2. The Kier molecular flexibility index (Phi) is 4.53. The van der Waals surface area contributed by atoms with E-state index in [1.165, 1.54) is 0 Å². The summed E-state index contributed by atoms with van der Waals surface area (Å²) in [5.74, 6) is -1.06. The summed E-state index contributed by atoms with van der Waals surface area (Å²) in [7, 11) is 0. The highest BCUT2D eigenvalue weighted by molar-refractivity contribution is 5.94. The van der Waals surface area contributed by atoms with E-state index in [4.69, 9.17) is 4.74 Å². The molecule has 0 amide bonds. The third-order valence-corrected chi connectivity index (χ3v) is 3.61. The van der Waals surface area contributed by atoms with E-state index in [0.717, 1.165) is 11.1 Å².